The Hall–Kier alpha value is -2.19. The van der Waals surface area contributed by atoms with Crippen molar-refractivity contribution in [1.29, 1.82) is 0 Å². The first-order valence-electron chi connectivity index (χ1n) is 10.1. The zero-order chi connectivity index (χ0) is 21.3. The van der Waals surface area contributed by atoms with Crippen molar-refractivity contribution in [3.05, 3.63) is 35.9 Å². The van der Waals surface area contributed by atoms with E-state index in [-0.39, 0.29) is 17.4 Å². The van der Waals surface area contributed by atoms with Crippen molar-refractivity contribution in [3.63, 3.8) is 0 Å². The molecular formula is C21H30N2O5S. The zero-order valence-electron chi connectivity index (χ0n) is 17.2. The van der Waals surface area contributed by atoms with Crippen molar-refractivity contribution in [3.8, 4) is 0 Å². The van der Waals surface area contributed by atoms with Crippen molar-refractivity contribution in [2.24, 2.45) is 0 Å². The lowest BCUT2D eigenvalue weighted by molar-refractivity contribution is -0.148. The number of hydrogen-bond acceptors (Lipinski definition) is 5. The zero-order valence-corrected chi connectivity index (χ0v) is 18.0. The molecule has 0 N–H and O–H groups in total. The molecule has 0 saturated carbocycles. The van der Waals surface area contributed by atoms with Crippen molar-refractivity contribution >= 4 is 28.0 Å². The Morgan fingerprint density at radius 2 is 1.62 bits per heavy atom. The predicted molar refractivity (Wildman–Crippen MR) is 112 cm³/mol. The summed E-state index contributed by atoms with van der Waals surface area (Å²) in [5, 5.41) is 0. The Labute approximate surface area is 173 Å². The number of esters is 1. The first-order valence-corrected chi connectivity index (χ1v) is 11.5. The monoisotopic (exact) mass is 422 g/mol. The molecule has 1 saturated heterocycles. The number of carbonyl (C=O) groups is 2. The van der Waals surface area contributed by atoms with Gasteiger partial charge in [0.1, 0.15) is 0 Å². The highest BCUT2D eigenvalue weighted by Gasteiger charge is 2.21. The summed E-state index contributed by atoms with van der Waals surface area (Å²) in [6.07, 6.45) is 7.00. The van der Waals surface area contributed by atoms with Crippen LogP contribution in [-0.4, -0.2) is 62.3 Å². The summed E-state index contributed by atoms with van der Waals surface area (Å²) in [4.78, 5) is 26.0. The van der Waals surface area contributed by atoms with E-state index in [1.165, 1.54) is 28.6 Å². The maximum absolute atomic E-state index is 12.5. The van der Waals surface area contributed by atoms with E-state index in [0.29, 0.717) is 18.7 Å². The summed E-state index contributed by atoms with van der Waals surface area (Å²) in [7, 11) is -3.51. The highest BCUT2D eigenvalue weighted by Crippen LogP contribution is 2.17. The Kier molecular flexibility index (Phi) is 8.85. The number of rotatable bonds is 8. The molecule has 0 atom stereocenters. The molecule has 1 heterocycles. The van der Waals surface area contributed by atoms with Gasteiger partial charge < -0.3 is 9.64 Å². The third kappa shape index (κ3) is 6.68. The molecule has 0 aromatic heterocycles. The van der Waals surface area contributed by atoms with Gasteiger partial charge in [0, 0.05) is 32.3 Å². The van der Waals surface area contributed by atoms with Crippen LogP contribution in [0.4, 0.5) is 0 Å². The summed E-state index contributed by atoms with van der Waals surface area (Å²) in [5.74, 6) is -0.771. The van der Waals surface area contributed by atoms with Crippen LogP contribution in [0.1, 0.15) is 45.1 Å². The molecule has 8 heteroatoms. The summed E-state index contributed by atoms with van der Waals surface area (Å²) < 4.78 is 31.4. The Bertz CT molecular complexity index is 806. The number of carbonyl (C=O) groups excluding carboxylic acids is 2. The molecule has 2 rings (SSSR count). The minimum Gasteiger partial charge on any atom is -0.452 e. The van der Waals surface area contributed by atoms with E-state index in [4.69, 9.17) is 4.74 Å². The molecule has 0 bridgehead atoms. The minimum absolute atomic E-state index is 0.167. The molecule has 0 aliphatic carbocycles. The van der Waals surface area contributed by atoms with Crippen LogP contribution in [0, 0.1) is 0 Å². The molecule has 7 nitrogen and oxygen atoms in total. The maximum Gasteiger partial charge on any atom is 0.331 e. The molecule has 29 heavy (non-hydrogen) atoms. The molecule has 1 aromatic carbocycles. The summed E-state index contributed by atoms with van der Waals surface area (Å²) >= 11 is 0. The van der Waals surface area contributed by atoms with Gasteiger partial charge in [-0.3, -0.25) is 4.79 Å². The fourth-order valence-electron chi connectivity index (χ4n) is 3.22. The van der Waals surface area contributed by atoms with E-state index < -0.39 is 16.0 Å². The second kappa shape index (κ2) is 11.1. The average molecular weight is 423 g/mol. The number of hydrogen-bond donors (Lipinski definition) is 0. The van der Waals surface area contributed by atoms with Gasteiger partial charge in [0.25, 0.3) is 5.91 Å². The molecule has 1 aromatic rings. The SMILES string of the molecule is CCN(CC)S(=O)(=O)c1ccc(/C=C/C(=O)OCC(=O)N2CCCCCC2)cc1. The topological polar surface area (TPSA) is 84.0 Å². The Balaban J connectivity index is 1.89. The molecular weight excluding hydrogens is 392 g/mol. The van der Waals surface area contributed by atoms with Gasteiger partial charge in [0.05, 0.1) is 4.90 Å². The van der Waals surface area contributed by atoms with Crippen molar-refractivity contribution < 1.29 is 22.7 Å². The lowest BCUT2D eigenvalue weighted by atomic mass is 10.2. The van der Waals surface area contributed by atoms with Gasteiger partial charge in [-0.1, -0.05) is 38.8 Å². The molecule has 0 unspecified atom stereocenters. The van der Waals surface area contributed by atoms with Gasteiger partial charge >= 0.3 is 5.97 Å². The number of ether oxygens (including phenoxy) is 1. The highest BCUT2D eigenvalue weighted by molar-refractivity contribution is 7.89. The van der Waals surface area contributed by atoms with E-state index in [9.17, 15) is 18.0 Å². The molecule has 160 valence electrons. The van der Waals surface area contributed by atoms with Gasteiger partial charge in [-0.15, -0.1) is 0 Å². The van der Waals surface area contributed by atoms with Gasteiger partial charge in [-0.05, 0) is 36.6 Å². The molecule has 1 aliphatic rings. The Morgan fingerprint density at radius 1 is 1.03 bits per heavy atom. The first kappa shape index (κ1) is 23.1. The largest absolute Gasteiger partial charge is 0.452 e. The molecule has 0 spiro atoms. The van der Waals surface area contributed by atoms with Crippen LogP contribution in [0.5, 0.6) is 0 Å². The highest BCUT2D eigenvalue weighted by atomic mass is 32.2. The predicted octanol–water partition coefficient (Wildman–Crippen LogP) is 2.68. The number of likely N-dealkylation sites (tertiary alicyclic amines) is 1. The van der Waals surface area contributed by atoms with E-state index >= 15 is 0 Å². The standard InChI is InChI=1S/C21H30N2O5S/c1-3-23(4-2)29(26,27)19-12-9-18(10-13-19)11-14-21(25)28-17-20(24)22-15-7-5-6-8-16-22/h9-14H,3-8,15-17H2,1-2H3/b14-11+. The van der Waals surface area contributed by atoms with E-state index in [2.05, 4.69) is 0 Å². The maximum atomic E-state index is 12.5. The normalized spacial score (nSPS) is 15.5. The van der Waals surface area contributed by atoms with Gasteiger partial charge in [-0.2, -0.15) is 4.31 Å². The van der Waals surface area contributed by atoms with Gasteiger partial charge in [0.2, 0.25) is 10.0 Å². The quantitative estimate of drug-likeness (QED) is 0.475. The number of nitrogens with zero attached hydrogens (tertiary/aromatic N) is 2. The summed E-state index contributed by atoms with van der Waals surface area (Å²) in [6.45, 7) is 5.57. The van der Waals surface area contributed by atoms with Gasteiger partial charge in [-0.25, -0.2) is 13.2 Å². The van der Waals surface area contributed by atoms with Crippen LogP contribution in [0.25, 0.3) is 6.08 Å². The van der Waals surface area contributed by atoms with Crippen LogP contribution < -0.4 is 0 Å². The second-order valence-electron chi connectivity index (χ2n) is 6.89. The van der Waals surface area contributed by atoms with Crippen LogP contribution in [0.3, 0.4) is 0 Å². The van der Waals surface area contributed by atoms with Crippen LogP contribution in [-0.2, 0) is 24.3 Å². The number of sulfonamides is 1. The first-order chi connectivity index (χ1) is 13.9. The fraction of sp³-hybridized carbons (Fsp3) is 0.524. The Morgan fingerprint density at radius 3 is 2.17 bits per heavy atom. The lowest BCUT2D eigenvalue weighted by Gasteiger charge is -2.19. The molecule has 1 fully saturated rings. The molecule has 1 amide bonds. The third-order valence-corrected chi connectivity index (χ3v) is 7.00. The molecule has 1 aliphatic heterocycles. The van der Waals surface area contributed by atoms with Crippen LogP contribution >= 0.6 is 0 Å². The van der Waals surface area contributed by atoms with Crippen molar-refractivity contribution in [2.45, 2.75) is 44.4 Å². The second-order valence-corrected chi connectivity index (χ2v) is 8.83. The van der Waals surface area contributed by atoms with Crippen LogP contribution in [0.2, 0.25) is 0 Å². The molecule has 0 radical (unpaired) electrons. The van der Waals surface area contributed by atoms with E-state index in [1.54, 1.807) is 30.9 Å². The number of amides is 1. The minimum atomic E-state index is -3.51. The lowest BCUT2D eigenvalue weighted by Crippen LogP contribution is -2.35. The van der Waals surface area contributed by atoms with Gasteiger partial charge in [0.15, 0.2) is 6.61 Å². The van der Waals surface area contributed by atoms with Crippen LogP contribution in [0.15, 0.2) is 35.2 Å². The average Bonchev–Trinajstić information content (AvgIpc) is 3.01. The number of benzene rings is 1. The van der Waals surface area contributed by atoms with E-state index in [0.717, 1.165) is 38.8 Å². The van der Waals surface area contributed by atoms with Crippen molar-refractivity contribution in [2.75, 3.05) is 32.8 Å². The summed E-state index contributed by atoms with van der Waals surface area (Å²) in [6, 6.07) is 6.29. The summed E-state index contributed by atoms with van der Waals surface area (Å²) in [5.41, 5.74) is 0.666. The smallest absolute Gasteiger partial charge is 0.331 e. The van der Waals surface area contributed by atoms with Crippen molar-refractivity contribution in [1.82, 2.24) is 9.21 Å². The fourth-order valence-corrected chi connectivity index (χ4v) is 4.68. The van der Waals surface area contributed by atoms with E-state index in [1.807, 2.05) is 0 Å². The third-order valence-electron chi connectivity index (χ3n) is 4.93.